The summed E-state index contributed by atoms with van der Waals surface area (Å²) in [6.45, 7) is 23.6. The zero-order valence-electron chi connectivity index (χ0n) is 96.3. The molecule has 3 atom stereocenters. The Bertz CT molecular complexity index is 6630. The zero-order chi connectivity index (χ0) is 106. The molecule has 18 heteroatoms. The fraction of sp³-hybridized carbons (Fsp3) is 0.375. The molecule has 3 N–H and O–H groups in total. The van der Waals surface area contributed by atoms with Crippen LogP contribution in [-0.2, 0) is 19.1 Å². The first-order chi connectivity index (χ1) is 62.3. The minimum atomic E-state index is -3.71. The number of nitrogens with one attached hydrogen (secondary N) is 3. The molecule has 0 saturated carbocycles. The van der Waals surface area contributed by atoms with Crippen LogP contribution in [0.2, 0.25) is 1.41 Å². The molecule has 462 valence electrons. The maximum absolute atomic E-state index is 9.05. The van der Waals surface area contributed by atoms with Gasteiger partial charge in [-0.2, -0.15) is 15.0 Å². The minimum Gasteiger partial charge on any atom is -0.502 e. The first-order valence-electron chi connectivity index (χ1n) is 50.2. The highest BCUT2D eigenvalue weighted by Gasteiger charge is 2.30. The van der Waals surface area contributed by atoms with Gasteiger partial charge in [0.1, 0.15) is 18.7 Å². The second kappa shape index (κ2) is 29.7. The maximum Gasteiger partial charge on any atom is 0.256 e. The molecule has 0 bridgehead atoms. The lowest BCUT2D eigenvalue weighted by atomic mass is 10.0. The number of aromatic nitrogens is 6. The average Bonchev–Trinajstić information content (AvgIpc) is 1.51. The molecule has 0 aliphatic heterocycles. The molecule has 3 heterocycles. The van der Waals surface area contributed by atoms with E-state index in [0.717, 1.165) is 13.8 Å². The monoisotopic (exact) mass is 1250 g/mol. The van der Waals surface area contributed by atoms with Crippen molar-refractivity contribution in [2.24, 2.45) is 0 Å². The quantitative estimate of drug-likeness (QED) is 0.0575. The number of hydrogen-bond donors (Lipinski definition) is 3. The number of hydrogen-bond acceptors (Lipinski definition) is 15. The van der Waals surface area contributed by atoms with Crippen molar-refractivity contribution in [3.05, 3.63) is 176 Å². The molecule has 0 spiro atoms. The Kier molecular flexibility index (Phi) is 8.87. The molecule has 3 aliphatic rings. The van der Waals surface area contributed by atoms with Gasteiger partial charge in [0.25, 0.3) is 17.7 Å². The Morgan fingerprint density at radius 2 is 0.933 bits per heavy atom. The summed E-state index contributed by atoms with van der Waals surface area (Å²) in [4.78, 5) is 21.7. The van der Waals surface area contributed by atoms with E-state index in [9.17, 15) is 0 Å². The fourth-order valence-corrected chi connectivity index (χ4v) is 7.74. The van der Waals surface area contributed by atoms with Crippen LogP contribution in [0.4, 0.5) is 17.1 Å². The fourth-order valence-electron chi connectivity index (χ4n) is 7.74. The second-order valence-corrected chi connectivity index (χ2v) is 18.4. The SMILES string of the molecule is [2H]CC([2H])([2H])C([2H])([2H])N([2H])[C@]1([2H])c2c([2H])c([2H])c([2H])c(-c3noc(-c4c([2H])c([2H])c(OC([2H])(C)C)c([N+]#[C-])c4[2H])n3)c2C([2H])([2H])C1([2H])[2H].[2H]c1c([2H])c(-c2noc(-c3c([2H])c([2H])c(OC([2H])(C)C)c([N+]#[C-])c3[2H])n2)c2c(c1[2H])[C@@]([2H])(NC([2H])([2H])C([2H])([2H])C)C([2H])([2H])C2([2H])[2H].[2H]c1c([2H])c(-c2noc(-c3c([2H])c([2H])c(OC([2H])(C)C)c([N+]#[C-])c3[2H])n2)c2c(c1[2H])[C@@]([2H])(NCC([2H])([2H])C)C([2H])([2H])C2([2H])[2H]. The first-order valence-corrected chi connectivity index (χ1v) is 26.0. The third-order valence-electron chi connectivity index (χ3n) is 11.4. The highest BCUT2D eigenvalue weighted by Crippen LogP contribution is 2.42. The number of nitrogens with zero attached hydrogens (tertiary/aromatic N) is 9. The van der Waals surface area contributed by atoms with E-state index in [1.807, 2.05) is 5.32 Å². The lowest BCUT2D eigenvalue weighted by Gasteiger charge is -2.13. The van der Waals surface area contributed by atoms with Crippen LogP contribution in [0.3, 0.4) is 0 Å². The molecule has 3 aromatic heterocycles. The Balaban J connectivity index is 0.000000214. The molecule has 0 saturated heterocycles. The molecule has 0 fully saturated rings. The van der Waals surface area contributed by atoms with Crippen molar-refractivity contribution in [1.29, 1.82) is 0 Å². The van der Waals surface area contributed by atoms with Gasteiger partial charge in [-0.05, 0) is 206 Å². The highest BCUT2D eigenvalue weighted by atomic mass is 16.5. The van der Waals surface area contributed by atoms with Crippen LogP contribution in [0, 0.1) is 19.7 Å². The van der Waals surface area contributed by atoms with Gasteiger partial charge < -0.3 is 43.7 Å². The van der Waals surface area contributed by atoms with Crippen LogP contribution in [0.25, 0.3) is 83.1 Å². The predicted molar refractivity (Wildman–Crippen MR) is 350 cm³/mol. The normalized spacial score (nSPS) is 29.9. The van der Waals surface area contributed by atoms with E-state index in [-0.39, 0.29) is 0 Å². The third-order valence-corrected chi connectivity index (χ3v) is 11.4. The van der Waals surface area contributed by atoms with E-state index in [2.05, 4.69) is 50.3 Å². The molecule has 12 rings (SSSR count). The summed E-state index contributed by atoms with van der Waals surface area (Å²) in [5.41, 5.74) is -10.8. The molecular formula is C72H78N12O6. The van der Waals surface area contributed by atoms with E-state index < -0.39 is 370 Å². The van der Waals surface area contributed by atoms with E-state index >= 15 is 0 Å². The maximum atomic E-state index is 9.05. The molecule has 18 nitrogen and oxygen atoms in total. The van der Waals surface area contributed by atoms with Crippen molar-refractivity contribution in [1.82, 2.24) is 46.4 Å². The van der Waals surface area contributed by atoms with Crippen molar-refractivity contribution >= 4 is 17.1 Å². The third kappa shape index (κ3) is 14.6. The largest absolute Gasteiger partial charge is 0.502 e. The van der Waals surface area contributed by atoms with E-state index in [1.165, 1.54) is 41.5 Å². The molecule has 0 unspecified atom stereocenters. The Labute approximate surface area is 595 Å². The number of rotatable bonds is 21. The van der Waals surface area contributed by atoms with Gasteiger partial charge in [0.05, 0.1) is 66.7 Å². The van der Waals surface area contributed by atoms with E-state index in [1.54, 1.807) is 0 Å². The molecule has 3 aliphatic carbocycles. The van der Waals surface area contributed by atoms with Crippen LogP contribution in [-0.4, -0.2) is 68.2 Å². The molecule has 0 radical (unpaired) electrons. The summed E-state index contributed by atoms with van der Waals surface area (Å²) >= 11 is 0. The van der Waals surface area contributed by atoms with Crippen LogP contribution in [0.15, 0.2) is 122 Å². The van der Waals surface area contributed by atoms with Gasteiger partial charge in [0.2, 0.25) is 34.5 Å². The Morgan fingerprint density at radius 1 is 0.556 bits per heavy atom. The van der Waals surface area contributed by atoms with Crippen LogP contribution in [0.1, 0.15) is 216 Å². The van der Waals surface area contributed by atoms with E-state index in [0.29, 0.717) is 0 Å². The Morgan fingerprint density at radius 3 is 1.29 bits per heavy atom. The topological polar surface area (TPSA) is 194 Å². The van der Waals surface area contributed by atoms with Crippen LogP contribution < -0.4 is 30.2 Å². The predicted octanol–water partition coefficient (Wildman–Crippen LogP) is 17.2. The molecule has 6 aromatic carbocycles. The Hall–Kier alpha value is -9.51. The zero-order valence-corrected chi connectivity index (χ0v) is 48.3. The average molecular weight is 1260 g/mol. The molecular weight excluding hydrogens is 1130 g/mol. The van der Waals surface area contributed by atoms with Gasteiger partial charge >= 0.3 is 0 Å². The summed E-state index contributed by atoms with van der Waals surface area (Å²) in [6, 6.07) is -24.6. The van der Waals surface area contributed by atoms with Crippen LogP contribution in [0.5, 0.6) is 17.2 Å². The van der Waals surface area contributed by atoms with Crippen molar-refractivity contribution in [3.63, 3.8) is 0 Å². The highest BCUT2D eigenvalue weighted by molar-refractivity contribution is 5.74. The van der Waals surface area contributed by atoms with Gasteiger partial charge in [0, 0.05) is 87.1 Å². The van der Waals surface area contributed by atoms with Crippen molar-refractivity contribution in [2.45, 2.75) is 156 Å². The summed E-state index contributed by atoms with van der Waals surface area (Å²) in [6.07, 6.45) is -33.2. The number of benzene rings is 6. The standard InChI is InChI=1S/3C24H26N4O2/c3*1-5-13-26-20-11-10-17-18(20)7-6-8-19(17)23-27-24(30-28-23)16-9-12-22(29-15(2)3)21(14-16)25-4/h3*6-9,12,14-15,20,26H,5,10-11,13H2,1-3H3/t3*20-/m000/s1/i1D,5D2,6D,7D,8D,9D,10D2,11D2,12D,13D2,14D,15D,20D;5D2,6D,7D,8D,9D,10D2,11D2,12D,13D2,14D,15D,20D;5D2,6D,7D,8D,9D,10D2,11D2,12D,14D,15D,20D/hD. The van der Waals surface area contributed by atoms with Crippen molar-refractivity contribution in [2.75, 3.05) is 19.5 Å². The lowest BCUT2D eigenvalue weighted by Crippen LogP contribution is -2.19. The smallest absolute Gasteiger partial charge is 0.256 e. The lowest BCUT2D eigenvalue weighted by molar-refractivity contribution is 0.244. The molecule has 9 aromatic rings. The summed E-state index contributed by atoms with van der Waals surface area (Å²) in [5, 5.41) is 14.8. The summed E-state index contributed by atoms with van der Waals surface area (Å²) < 4.78 is 435. The van der Waals surface area contributed by atoms with Gasteiger partial charge in [-0.1, -0.05) is 90.6 Å². The number of fused-ring (bicyclic) bond motifs is 3. The van der Waals surface area contributed by atoms with E-state index in [4.69, 9.17) is 113 Å². The van der Waals surface area contributed by atoms with Crippen molar-refractivity contribution in [3.8, 4) is 85.8 Å². The first kappa shape index (κ1) is 26.9. The van der Waals surface area contributed by atoms with Gasteiger partial charge in [0.15, 0.2) is 0 Å². The van der Waals surface area contributed by atoms with Crippen LogP contribution >= 0.6 is 0 Å². The van der Waals surface area contributed by atoms with Gasteiger partial charge in [-0.3, -0.25) is 0 Å². The van der Waals surface area contributed by atoms with Gasteiger partial charge in [-0.25, -0.2) is 14.5 Å². The molecule has 90 heavy (non-hydrogen) atoms. The summed E-state index contributed by atoms with van der Waals surface area (Å²) in [5.74, 6) is -5.71. The number of ether oxygens (including phenoxy) is 3. The summed E-state index contributed by atoms with van der Waals surface area (Å²) in [7, 11) is 0. The van der Waals surface area contributed by atoms with Gasteiger partial charge in [-0.15, -0.1) is 0 Å². The molecule has 0 amide bonds. The minimum absolute atomic E-state index is 0.485. The second-order valence-electron chi connectivity index (χ2n) is 18.4. The van der Waals surface area contributed by atoms with Crippen molar-refractivity contribution < 1.29 is 93.6 Å².